The second-order valence-corrected chi connectivity index (χ2v) is 5.45. The van der Waals surface area contributed by atoms with Gasteiger partial charge in [0, 0.05) is 25.6 Å². The topological polar surface area (TPSA) is 40.5 Å². The van der Waals surface area contributed by atoms with Crippen molar-refractivity contribution in [2.45, 2.75) is 25.7 Å². The highest BCUT2D eigenvalue weighted by Crippen LogP contribution is 2.27. The molecule has 0 unspecified atom stereocenters. The fourth-order valence-corrected chi connectivity index (χ4v) is 2.33. The number of halogens is 1. The van der Waals surface area contributed by atoms with Crippen molar-refractivity contribution in [3.8, 4) is 11.8 Å². The Kier molecular flexibility index (Phi) is 5.35. The van der Waals surface area contributed by atoms with Crippen LogP contribution in [0.3, 0.4) is 0 Å². The molecule has 2 rings (SSSR count). The quantitative estimate of drug-likeness (QED) is 0.865. The zero-order chi connectivity index (χ0) is 15.2. The molecular weight excluding hydrogens is 269 g/mol. The summed E-state index contributed by atoms with van der Waals surface area (Å²) >= 11 is 0. The number of aliphatic hydroxyl groups is 1. The first-order valence-electron chi connectivity index (χ1n) is 7.26. The van der Waals surface area contributed by atoms with E-state index in [1.54, 1.807) is 18.0 Å². The summed E-state index contributed by atoms with van der Waals surface area (Å²) in [5.74, 6) is 5.26. The monoisotopic (exact) mass is 289 g/mol. The third kappa shape index (κ3) is 4.05. The molecule has 4 heteroatoms. The van der Waals surface area contributed by atoms with Gasteiger partial charge in [0.15, 0.2) is 0 Å². The Labute approximate surface area is 124 Å². The molecule has 1 amide bonds. The van der Waals surface area contributed by atoms with Gasteiger partial charge >= 0.3 is 0 Å². The van der Waals surface area contributed by atoms with Crippen molar-refractivity contribution in [1.82, 2.24) is 4.90 Å². The Morgan fingerprint density at radius 2 is 2.24 bits per heavy atom. The summed E-state index contributed by atoms with van der Waals surface area (Å²) in [6.45, 7) is 0.690. The number of carbonyl (C=O) groups is 1. The van der Waals surface area contributed by atoms with Crippen LogP contribution in [0.4, 0.5) is 4.39 Å². The first-order chi connectivity index (χ1) is 10.1. The predicted octanol–water partition coefficient (Wildman–Crippen LogP) is 2.43. The maximum absolute atomic E-state index is 13.9. The predicted molar refractivity (Wildman–Crippen MR) is 79.3 cm³/mol. The number of rotatable bonds is 4. The van der Waals surface area contributed by atoms with Crippen molar-refractivity contribution in [3.05, 3.63) is 35.1 Å². The Hall–Kier alpha value is -1.86. The normalized spacial score (nSPS) is 14.0. The molecule has 1 saturated carbocycles. The molecule has 1 fully saturated rings. The number of hydrogen-bond acceptors (Lipinski definition) is 2. The summed E-state index contributed by atoms with van der Waals surface area (Å²) in [6, 6.07) is 4.36. The molecule has 1 aliphatic carbocycles. The third-order valence-electron chi connectivity index (χ3n) is 3.78. The first-order valence-corrected chi connectivity index (χ1v) is 7.26. The molecule has 0 saturated heterocycles. The van der Waals surface area contributed by atoms with Crippen LogP contribution in [-0.2, 0) is 0 Å². The van der Waals surface area contributed by atoms with E-state index >= 15 is 0 Å². The summed E-state index contributed by atoms with van der Waals surface area (Å²) in [5.41, 5.74) is 0.601. The molecule has 21 heavy (non-hydrogen) atoms. The minimum atomic E-state index is -0.497. The van der Waals surface area contributed by atoms with Gasteiger partial charge in [-0.15, -0.1) is 0 Å². The fraction of sp³-hybridized carbons (Fsp3) is 0.471. The molecule has 0 aromatic heterocycles. The lowest BCUT2D eigenvalue weighted by Gasteiger charge is -2.30. The molecular formula is C17H20FNO2. The van der Waals surface area contributed by atoms with Crippen LogP contribution < -0.4 is 0 Å². The Morgan fingerprint density at radius 3 is 2.81 bits per heavy atom. The molecule has 1 N–H and O–H groups in total. The zero-order valence-corrected chi connectivity index (χ0v) is 12.2. The van der Waals surface area contributed by atoms with Gasteiger partial charge in [-0.25, -0.2) is 4.39 Å². The SMILES string of the molecule is CN(CC1CCC1)C(=O)c1ccc(C#CCCO)c(F)c1. The van der Waals surface area contributed by atoms with Crippen LogP contribution in [0, 0.1) is 23.6 Å². The van der Waals surface area contributed by atoms with E-state index in [1.165, 1.54) is 31.4 Å². The molecule has 1 aromatic rings. The lowest BCUT2D eigenvalue weighted by Crippen LogP contribution is -2.34. The average molecular weight is 289 g/mol. The van der Waals surface area contributed by atoms with Gasteiger partial charge < -0.3 is 10.0 Å². The van der Waals surface area contributed by atoms with Crippen LogP contribution in [0.15, 0.2) is 18.2 Å². The maximum Gasteiger partial charge on any atom is 0.253 e. The molecule has 0 bridgehead atoms. The van der Waals surface area contributed by atoms with E-state index < -0.39 is 5.82 Å². The molecule has 3 nitrogen and oxygen atoms in total. The highest BCUT2D eigenvalue weighted by Gasteiger charge is 2.22. The van der Waals surface area contributed by atoms with E-state index in [1.807, 2.05) is 0 Å². The summed E-state index contributed by atoms with van der Waals surface area (Å²) in [5, 5.41) is 8.64. The van der Waals surface area contributed by atoms with Gasteiger partial charge in [0.2, 0.25) is 0 Å². The van der Waals surface area contributed by atoms with E-state index in [4.69, 9.17) is 5.11 Å². The standard InChI is InChI=1S/C17H20FNO2/c1-19(12-13-5-4-6-13)17(21)15-9-8-14(16(18)11-15)7-2-3-10-20/h8-9,11,13,20H,3-6,10,12H2,1H3. The van der Waals surface area contributed by atoms with Crippen molar-refractivity contribution < 1.29 is 14.3 Å². The highest BCUT2D eigenvalue weighted by molar-refractivity contribution is 5.94. The van der Waals surface area contributed by atoms with Crippen LogP contribution >= 0.6 is 0 Å². The number of carbonyl (C=O) groups excluding carboxylic acids is 1. The van der Waals surface area contributed by atoms with Gasteiger partial charge in [-0.05, 0) is 37.0 Å². The average Bonchev–Trinajstić information content (AvgIpc) is 2.43. The van der Waals surface area contributed by atoms with Gasteiger partial charge in [-0.2, -0.15) is 0 Å². The van der Waals surface area contributed by atoms with Crippen LogP contribution in [-0.4, -0.2) is 36.1 Å². The summed E-state index contributed by atoms with van der Waals surface area (Å²) in [7, 11) is 1.76. The molecule has 0 radical (unpaired) electrons. The summed E-state index contributed by atoms with van der Waals surface area (Å²) in [6.07, 6.45) is 3.89. The lowest BCUT2D eigenvalue weighted by molar-refractivity contribution is 0.0744. The maximum atomic E-state index is 13.9. The van der Waals surface area contributed by atoms with Crippen molar-refractivity contribution in [1.29, 1.82) is 0 Å². The van der Waals surface area contributed by atoms with Crippen LogP contribution in [0.2, 0.25) is 0 Å². The molecule has 0 heterocycles. The number of aliphatic hydroxyl groups excluding tert-OH is 1. The van der Waals surface area contributed by atoms with Gasteiger partial charge in [-0.3, -0.25) is 4.79 Å². The smallest absolute Gasteiger partial charge is 0.253 e. The van der Waals surface area contributed by atoms with Crippen molar-refractivity contribution in [2.24, 2.45) is 5.92 Å². The van der Waals surface area contributed by atoms with E-state index in [9.17, 15) is 9.18 Å². The van der Waals surface area contributed by atoms with E-state index in [0.717, 1.165) is 6.54 Å². The fourth-order valence-electron chi connectivity index (χ4n) is 2.33. The molecule has 0 aliphatic heterocycles. The number of hydrogen-bond donors (Lipinski definition) is 1. The van der Waals surface area contributed by atoms with Gasteiger partial charge in [0.25, 0.3) is 5.91 Å². The van der Waals surface area contributed by atoms with Gasteiger partial charge in [0.05, 0.1) is 12.2 Å². The second kappa shape index (κ2) is 7.24. The molecule has 1 aliphatic rings. The second-order valence-electron chi connectivity index (χ2n) is 5.45. The van der Waals surface area contributed by atoms with E-state index in [-0.39, 0.29) is 18.1 Å². The summed E-state index contributed by atoms with van der Waals surface area (Å²) < 4.78 is 13.9. The van der Waals surface area contributed by atoms with Gasteiger partial charge in [-0.1, -0.05) is 18.3 Å². The van der Waals surface area contributed by atoms with Crippen LogP contribution in [0.1, 0.15) is 41.6 Å². The number of benzene rings is 1. The lowest BCUT2D eigenvalue weighted by atomic mass is 9.85. The van der Waals surface area contributed by atoms with Crippen molar-refractivity contribution in [2.75, 3.05) is 20.2 Å². The molecule has 1 aromatic carbocycles. The molecule has 0 atom stereocenters. The van der Waals surface area contributed by atoms with Gasteiger partial charge in [0.1, 0.15) is 5.82 Å². The highest BCUT2D eigenvalue weighted by atomic mass is 19.1. The first kappa shape index (κ1) is 15.5. The largest absolute Gasteiger partial charge is 0.395 e. The van der Waals surface area contributed by atoms with Crippen molar-refractivity contribution in [3.63, 3.8) is 0 Å². The summed E-state index contributed by atoms with van der Waals surface area (Å²) in [4.78, 5) is 13.9. The Morgan fingerprint density at radius 1 is 1.48 bits per heavy atom. The number of amides is 1. The van der Waals surface area contributed by atoms with Crippen molar-refractivity contribution >= 4 is 5.91 Å². The molecule has 112 valence electrons. The van der Waals surface area contributed by atoms with Crippen LogP contribution in [0.25, 0.3) is 0 Å². The number of nitrogens with zero attached hydrogens (tertiary/aromatic N) is 1. The van der Waals surface area contributed by atoms with E-state index in [2.05, 4.69) is 11.8 Å². The minimum absolute atomic E-state index is 0.0445. The van der Waals surface area contributed by atoms with E-state index in [0.29, 0.717) is 17.9 Å². The Balaban J connectivity index is 2.04. The minimum Gasteiger partial charge on any atom is -0.395 e. The Bertz CT molecular complexity index is 570. The molecule has 0 spiro atoms. The zero-order valence-electron chi connectivity index (χ0n) is 12.2. The van der Waals surface area contributed by atoms with Crippen LogP contribution in [0.5, 0.6) is 0 Å². The third-order valence-corrected chi connectivity index (χ3v) is 3.78.